The molecule has 3 aromatic rings. The van der Waals surface area contributed by atoms with Crippen molar-refractivity contribution in [2.45, 2.75) is 39.2 Å². The number of imidazole rings is 1. The Bertz CT molecular complexity index is 995. The minimum absolute atomic E-state index is 0.00651. The number of unbranched alkanes of at least 4 members (excludes halogenated alkanes) is 2. The van der Waals surface area contributed by atoms with Crippen molar-refractivity contribution in [3.8, 4) is 5.75 Å². The molecule has 30 heavy (non-hydrogen) atoms. The first kappa shape index (κ1) is 21.9. The van der Waals surface area contributed by atoms with Gasteiger partial charge in [0.1, 0.15) is 11.6 Å². The zero-order chi connectivity index (χ0) is 21.3. The molecule has 0 spiro atoms. The number of para-hydroxylation sites is 2. The first-order chi connectivity index (χ1) is 14.5. The van der Waals surface area contributed by atoms with Crippen molar-refractivity contribution in [1.29, 1.82) is 0 Å². The molecular weight excluding hydrogens is 398 g/mol. The zero-order valence-electron chi connectivity index (χ0n) is 17.4. The number of benzene rings is 2. The van der Waals surface area contributed by atoms with Gasteiger partial charge in [-0.05, 0) is 56.2 Å². The number of ether oxygens (including phenoxy) is 1. The van der Waals surface area contributed by atoms with Crippen LogP contribution in [0.3, 0.4) is 0 Å². The molecule has 2 aromatic carbocycles. The fourth-order valence-corrected chi connectivity index (χ4v) is 3.43. The Labute approximate surface area is 182 Å². The average molecular weight is 426 g/mol. The molecule has 0 saturated carbocycles. The fraction of sp³-hybridized carbons (Fsp3) is 0.333. The molecule has 0 unspecified atom stereocenters. The van der Waals surface area contributed by atoms with Gasteiger partial charge in [-0.15, -0.1) is 0 Å². The van der Waals surface area contributed by atoms with Crippen molar-refractivity contribution >= 4 is 28.5 Å². The number of carbonyl (C=O) groups is 1. The van der Waals surface area contributed by atoms with E-state index in [2.05, 4.69) is 28.6 Å². The van der Waals surface area contributed by atoms with Crippen molar-refractivity contribution in [3.63, 3.8) is 0 Å². The number of halogens is 1. The van der Waals surface area contributed by atoms with Crippen LogP contribution in [0.4, 0.5) is 0 Å². The number of hydrogen-bond donors (Lipinski definition) is 1. The molecule has 158 valence electrons. The normalized spacial score (nSPS) is 10.9. The Morgan fingerprint density at radius 2 is 1.90 bits per heavy atom. The van der Waals surface area contributed by atoms with E-state index in [-0.39, 0.29) is 12.5 Å². The average Bonchev–Trinajstić information content (AvgIpc) is 3.07. The van der Waals surface area contributed by atoms with E-state index >= 15 is 0 Å². The lowest BCUT2D eigenvalue weighted by atomic mass is 10.2. The van der Waals surface area contributed by atoms with Crippen molar-refractivity contribution < 1.29 is 9.53 Å². The van der Waals surface area contributed by atoms with Crippen LogP contribution in [-0.4, -0.2) is 28.6 Å². The summed E-state index contributed by atoms with van der Waals surface area (Å²) in [5, 5.41) is 3.54. The van der Waals surface area contributed by atoms with E-state index in [0.29, 0.717) is 17.3 Å². The van der Waals surface area contributed by atoms with Crippen molar-refractivity contribution in [2.75, 3.05) is 13.2 Å². The topological polar surface area (TPSA) is 56.2 Å². The van der Waals surface area contributed by atoms with Gasteiger partial charge in [-0.1, -0.05) is 42.3 Å². The van der Waals surface area contributed by atoms with Gasteiger partial charge < -0.3 is 14.6 Å². The Morgan fingerprint density at radius 1 is 1.13 bits per heavy atom. The molecule has 1 amide bonds. The minimum atomic E-state index is -0.117. The second-order valence-electron chi connectivity index (χ2n) is 7.46. The SMILES string of the molecule is C=C(C)Cn1c(CCCCCNC(=O)COc2ccc(Cl)cc2)nc2ccccc21. The quantitative estimate of drug-likeness (QED) is 0.340. The highest BCUT2D eigenvalue weighted by molar-refractivity contribution is 6.30. The van der Waals surface area contributed by atoms with Crippen molar-refractivity contribution in [3.05, 3.63) is 71.5 Å². The van der Waals surface area contributed by atoms with E-state index in [1.165, 1.54) is 0 Å². The molecule has 1 aromatic heterocycles. The maximum absolute atomic E-state index is 11.9. The molecule has 0 atom stereocenters. The van der Waals surface area contributed by atoms with Gasteiger partial charge in [0.2, 0.25) is 0 Å². The number of nitrogens with one attached hydrogen (secondary N) is 1. The molecule has 0 radical (unpaired) electrons. The van der Waals surface area contributed by atoms with E-state index in [9.17, 15) is 4.79 Å². The molecule has 0 aliphatic heterocycles. The predicted molar refractivity (Wildman–Crippen MR) is 122 cm³/mol. The molecule has 5 nitrogen and oxygen atoms in total. The van der Waals surface area contributed by atoms with Gasteiger partial charge in [-0.3, -0.25) is 4.79 Å². The molecule has 3 rings (SSSR count). The van der Waals surface area contributed by atoms with Crippen LogP contribution in [0.2, 0.25) is 5.02 Å². The summed E-state index contributed by atoms with van der Waals surface area (Å²) < 4.78 is 7.70. The molecule has 0 bridgehead atoms. The molecule has 0 fully saturated rings. The van der Waals surface area contributed by atoms with Crippen LogP contribution < -0.4 is 10.1 Å². The Hall–Kier alpha value is -2.79. The molecule has 0 saturated heterocycles. The van der Waals surface area contributed by atoms with E-state index in [1.807, 2.05) is 19.1 Å². The van der Waals surface area contributed by atoms with Gasteiger partial charge in [0, 0.05) is 24.5 Å². The van der Waals surface area contributed by atoms with Crippen molar-refractivity contribution in [2.24, 2.45) is 0 Å². The Balaban J connectivity index is 1.37. The second kappa shape index (κ2) is 10.8. The van der Waals surface area contributed by atoms with E-state index in [0.717, 1.165) is 54.7 Å². The van der Waals surface area contributed by atoms with Crippen LogP contribution >= 0.6 is 11.6 Å². The highest BCUT2D eigenvalue weighted by Gasteiger charge is 2.10. The molecule has 1 heterocycles. The number of amides is 1. The number of carbonyl (C=O) groups excluding carboxylic acids is 1. The van der Waals surface area contributed by atoms with E-state index in [4.69, 9.17) is 21.3 Å². The number of fused-ring (bicyclic) bond motifs is 1. The molecular formula is C24H28ClN3O2. The van der Waals surface area contributed by atoms with Crippen LogP contribution in [0.25, 0.3) is 11.0 Å². The highest BCUT2D eigenvalue weighted by atomic mass is 35.5. The van der Waals surface area contributed by atoms with Crippen LogP contribution in [-0.2, 0) is 17.8 Å². The van der Waals surface area contributed by atoms with Crippen molar-refractivity contribution in [1.82, 2.24) is 14.9 Å². The third-order valence-electron chi connectivity index (χ3n) is 4.74. The van der Waals surface area contributed by atoms with E-state index in [1.54, 1.807) is 24.3 Å². The number of hydrogen-bond acceptors (Lipinski definition) is 3. The number of rotatable bonds is 11. The maximum atomic E-state index is 11.9. The smallest absolute Gasteiger partial charge is 0.257 e. The van der Waals surface area contributed by atoms with Gasteiger partial charge in [-0.2, -0.15) is 0 Å². The highest BCUT2D eigenvalue weighted by Crippen LogP contribution is 2.19. The number of aryl methyl sites for hydroxylation is 1. The van der Waals surface area contributed by atoms with Gasteiger partial charge >= 0.3 is 0 Å². The van der Waals surface area contributed by atoms with Gasteiger partial charge in [0.25, 0.3) is 5.91 Å². The molecule has 1 N–H and O–H groups in total. The van der Waals surface area contributed by atoms with Crippen LogP contribution in [0, 0.1) is 0 Å². The van der Waals surface area contributed by atoms with E-state index < -0.39 is 0 Å². The summed E-state index contributed by atoms with van der Waals surface area (Å²) in [6.07, 6.45) is 3.88. The number of allylic oxidation sites excluding steroid dienone is 1. The predicted octanol–water partition coefficient (Wildman–Crippen LogP) is 5.17. The number of nitrogens with zero attached hydrogens (tertiary/aromatic N) is 2. The van der Waals surface area contributed by atoms with Crippen LogP contribution in [0.15, 0.2) is 60.7 Å². The summed E-state index contributed by atoms with van der Waals surface area (Å²) in [5.41, 5.74) is 3.30. The van der Waals surface area contributed by atoms with Gasteiger partial charge in [0.05, 0.1) is 11.0 Å². The lowest BCUT2D eigenvalue weighted by Crippen LogP contribution is -2.29. The molecule has 0 aliphatic carbocycles. The third kappa shape index (κ3) is 6.36. The lowest BCUT2D eigenvalue weighted by molar-refractivity contribution is -0.123. The fourth-order valence-electron chi connectivity index (χ4n) is 3.31. The van der Waals surface area contributed by atoms with Gasteiger partial charge in [0.15, 0.2) is 6.61 Å². The monoisotopic (exact) mass is 425 g/mol. The largest absolute Gasteiger partial charge is 0.484 e. The summed E-state index contributed by atoms with van der Waals surface area (Å²) in [7, 11) is 0. The second-order valence-corrected chi connectivity index (χ2v) is 7.90. The third-order valence-corrected chi connectivity index (χ3v) is 5.00. The first-order valence-corrected chi connectivity index (χ1v) is 10.6. The maximum Gasteiger partial charge on any atom is 0.257 e. The Kier molecular flexibility index (Phi) is 7.91. The lowest BCUT2D eigenvalue weighted by Gasteiger charge is -2.09. The summed E-state index contributed by atoms with van der Waals surface area (Å²) in [6.45, 7) is 7.53. The molecule has 0 aliphatic rings. The van der Waals surface area contributed by atoms with Crippen LogP contribution in [0.1, 0.15) is 32.0 Å². The number of aromatic nitrogens is 2. The minimum Gasteiger partial charge on any atom is -0.484 e. The summed E-state index contributed by atoms with van der Waals surface area (Å²) in [6, 6.07) is 15.2. The molecule has 6 heteroatoms. The zero-order valence-corrected chi connectivity index (χ0v) is 18.1. The van der Waals surface area contributed by atoms with Crippen LogP contribution in [0.5, 0.6) is 5.75 Å². The summed E-state index contributed by atoms with van der Waals surface area (Å²) in [5.74, 6) is 1.61. The first-order valence-electron chi connectivity index (χ1n) is 10.3. The summed E-state index contributed by atoms with van der Waals surface area (Å²) in [4.78, 5) is 16.7. The summed E-state index contributed by atoms with van der Waals surface area (Å²) >= 11 is 5.83. The Morgan fingerprint density at radius 3 is 2.67 bits per heavy atom. The standard InChI is InChI=1S/C24H28ClN3O2/c1-18(2)16-28-22-9-6-5-8-21(22)27-23(28)10-4-3-7-15-26-24(29)17-30-20-13-11-19(25)12-14-20/h5-6,8-9,11-14H,1,3-4,7,10,15-17H2,2H3,(H,26,29). The van der Waals surface area contributed by atoms with Gasteiger partial charge in [-0.25, -0.2) is 4.98 Å².